The van der Waals surface area contributed by atoms with E-state index in [4.69, 9.17) is 4.74 Å². The van der Waals surface area contributed by atoms with Crippen LogP contribution in [0.4, 0.5) is 0 Å². The molecular formula is C31H45NO2Se. The molecule has 2 aromatic carbocycles. The molecule has 1 heterocycles. The second-order valence-corrected chi connectivity index (χ2v) is 14.0. The molecule has 0 amide bonds. The Balaban J connectivity index is 1.97. The van der Waals surface area contributed by atoms with Crippen LogP contribution in [0.2, 0.25) is 5.32 Å². The van der Waals surface area contributed by atoms with Crippen LogP contribution in [-0.4, -0.2) is 45.5 Å². The molecule has 0 N–H and O–H groups in total. The molecule has 2 aromatic rings. The van der Waals surface area contributed by atoms with E-state index in [1.54, 1.807) is 4.46 Å². The number of ether oxygens (including phenoxy) is 1. The van der Waals surface area contributed by atoms with Gasteiger partial charge < -0.3 is 0 Å². The van der Waals surface area contributed by atoms with E-state index in [9.17, 15) is 4.79 Å². The first-order chi connectivity index (χ1) is 16.4. The van der Waals surface area contributed by atoms with Crippen molar-refractivity contribution in [1.29, 1.82) is 0 Å². The topological polar surface area (TPSA) is 29.5 Å². The molecule has 192 valence electrons. The molecule has 0 radical (unpaired) electrons. The van der Waals surface area contributed by atoms with Crippen LogP contribution in [-0.2, 0) is 9.53 Å². The predicted molar refractivity (Wildman–Crippen MR) is 149 cm³/mol. The Hall–Kier alpha value is -1.61. The number of rotatable bonds is 9. The van der Waals surface area contributed by atoms with Crippen LogP contribution in [0.5, 0.6) is 0 Å². The fourth-order valence-electron chi connectivity index (χ4n) is 5.35. The summed E-state index contributed by atoms with van der Waals surface area (Å²) in [6, 6.07) is 15.1. The third-order valence-corrected chi connectivity index (χ3v) is 9.99. The van der Waals surface area contributed by atoms with E-state index in [1.165, 1.54) is 23.8 Å². The molecule has 1 fully saturated rings. The van der Waals surface area contributed by atoms with Crippen molar-refractivity contribution < 1.29 is 9.53 Å². The minimum atomic E-state index is -0.346. The van der Waals surface area contributed by atoms with Gasteiger partial charge in [0.1, 0.15) is 0 Å². The first-order valence-electron chi connectivity index (χ1n) is 13.1. The van der Waals surface area contributed by atoms with E-state index in [0.29, 0.717) is 38.8 Å². The number of likely N-dealkylation sites (tertiary alicyclic amines) is 1. The average molecular weight is 543 g/mol. The number of hydrogen-bond donors (Lipinski definition) is 0. The summed E-state index contributed by atoms with van der Waals surface area (Å²) in [7, 11) is 1.51. The second kappa shape index (κ2) is 11.6. The molecule has 1 saturated heterocycles. The van der Waals surface area contributed by atoms with E-state index < -0.39 is 0 Å². The Bertz CT molecular complexity index is 967. The van der Waals surface area contributed by atoms with Gasteiger partial charge in [-0.25, -0.2) is 0 Å². The van der Waals surface area contributed by atoms with Crippen LogP contribution < -0.4 is 4.46 Å². The Kier molecular flexibility index (Phi) is 9.29. The fraction of sp³-hybridized carbons (Fsp3) is 0.581. The molecule has 1 aliphatic heterocycles. The maximum atomic E-state index is 13.1. The van der Waals surface area contributed by atoms with Crippen LogP contribution in [0.15, 0.2) is 42.5 Å². The molecule has 1 aliphatic rings. The first kappa shape index (κ1) is 28.0. The Morgan fingerprint density at radius 3 is 2.03 bits per heavy atom. The van der Waals surface area contributed by atoms with Crippen LogP contribution in [0.25, 0.3) is 0 Å². The summed E-state index contributed by atoms with van der Waals surface area (Å²) >= 11 is 0.329. The minimum absolute atomic E-state index is 0.154. The molecule has 0 aliphatic carbocycles. The van der Waals surface area contributed by atoms with Crippen LogP contribution >= 0.6 is 0 Å². The summed E-state index contributed by atoms with van der Waals surface area (Å²) in [5.74, 6) is 1.39. The van der Waals surface area contributed by atoms with Crippen molar-refractivity contribution >= 4 is 25.4 Å². The molecule has 3 rings (SSSR count). The van der Waals surface area contributed by atoms with Crippen molar-refractivity contribution in [2.24, 2.45) is 5.41 Å². The van der Waals surface area contributed by atoms with E-state index >= 15 is 0 Å². The fourth-order valence-corrected chi connectivity index (χ4v) is 8.68. The molecule has 35 heavy (non-hydrogen) atoms. The third-order valence-electron chi connectivity index (χ3n) is 7.24. The van der Waals surface area contributed by atoms with Crippen molar-refractivity contribution in [2.45, 2.75) is 97.0 Å². The van der Waals surface area contributed by atoms with Gasteiger partial charge in [-0.15, -0.1) is 0 Å². The van der Waals surface area contributed by atoms with Gasteiger partial charge in [0, 0.05) is 0 Å². The van der Waals surface area contributed by atoms with Crippen LogP contribution in [0, 0.1) is 5.41 Å². The van der Waals surface area contributed by atoms with E-state index in [1.807, 2.05) is 18.2 Å². The van der Waals surface area contributed by atoms with Gasteiger partial charge in [0.25, 0.3) is 0 Å². The van der Waals surface area contributed by atoms with Crippen molar-refractivity contribution in [3.63, 3.8) is 0 Å². The monoisotopic (exact) mass is 543 g/mol. The summed E-state index contributed by atoms with van der Waals surface area (Å²) in [5.41, 5.74) is 5.70. The van der Waals surface area contributed by atoms with Crippen LogP contribution in [0.1, 0.15) is 108 Å². The number of nitrogens with zero attached hydrogens (tertiary/aromatic N) is 1. The molecule has 0 unspecified atom stereocenters. The number of carbonyl (C=O) groups excluding carboxylic acids is 1. The Labute approximate surface area is 220 Å². The van der Waals surface area contributed by atoms with Gasteiger partial charge in [0.2, 0.25) is 0 Å². The SMILES string of the molecule is COC(=O)[C@@H](c1ccccc1)N1CC(C)(C)C[C@@H]1C[Se]c1c(C(C)C)cc(C(C)C)cc1C(C)C. The van der Waals surface area contributed by atoms with E-state index in [-0.39, 0.29) is 17.4 Å². The van der Waals surface area contributed by atoms with Gasteiger partial charge in [-0.3, -0.25) is 0 Å². The zero-order chi connectivity index (χ0) is 25.9. The average Bonchev–Trinajstić information content (AvgIpc) is 3.11. The van der Waals surface area contributed by atoms with Gasteiger partial charge in [0.15, 0.2) is 0 Å². The number of carbonyl (C=O) groups is 1. The van der Waals surface area contributed by atoms with Crippen molar-refractivity contribution in [3.05, 3.63) is 64.7 Å². The summed E-state index contributed by atoms with van der Waals surface area (Å²) in [5, 5.41) is 1.11. The summed E-state index contributed by atoms with van der Waals surface area (Å²) in [6.45, 7) is 19.5. The summed E-state index contributed by atoms with van der Waals surface area (Å²) in [4.78, 5) is 15.5. The molecule has 3 nitrogen and oxygen atoms in total. The quantitative estimate of drug-likeness (QED) is 0.257. The van der Waals surface area contributed by atoms with Crippen LogP contribution in [0.3, 0.4) is 0 Å². The number of benzene rings is 2. The summed E-state index contributed by atoms with van der Waals surface area (Å²) in [6.07, 6.45) is 1.10. The van der Waals surface area contributed by atoms with E-state index in [0.717, 1.165) is 23.8 Å². The van der Waals surface area contributed by atoms with Gasteiger partial charge in [0.05, 0.1) is 0 Å². The van der Waals surface area contributed by atoms with Gasteiger partial charge in [-0.2, -0.15) is 0 Å². The molecule has 2 atom stereocenters. The molecule has 0 saturated carbocycles. The summed E-state index contributed by atoms with van der Waals surface area (Å²) < 4.78 is 6.91. The van der Waals surface area contributed by atoms with Crippen molar-refractivity contribution in [1.82, 2.24) is 4.90 Å². The molecule has 0 bridgehead atoms. The Morgan fingerprint density at radius 1 is 0.971 bits per heavy atom. The molecule has 4 heteroatoms. The zero-order valence-corrected chi connectivity index (χ0v) is 24.9. The van der Waals surface area contributed by atoms with Crippen molar-refractivity contribution in [3.8, 4) is 0 Å². The predicted octanol–water partition coefficient (Wildman–Crippen LogP) is 6.82. The molecular weight excluding hydrogens is 497 g/mol. The first-order valence-corrected chi connectivity index (χ1v) is 15.2. The van der Waals surface area contributed by atoms with Gasteiger partial charge in [-0.1, -0.05) is 0 Å². The third kappa shape index (κ3) is 6.59. The maximum absolute atomic E-state index is 13.1. The van der Waals surface area contributed by atoms with Crippen molar-refractivity contribution in [2.75, 3.05) is 13.7 Å². The standard InChI is InChI=1S/C31H45NO2Se/c1-20(2)24-15-26(21(3)4)29(27(16-24)22(5)6)35-18-25-17-31(7,8)19-32(25)28(30(33)34-9)23-13-11-10-12-14-23/h10-16,20-22,25,28H,17-19H2,1-9H3/t25-,28-/m1/s1. The van der Waals surface area contributed by atoms with E-state index in [2.05, 4.69) is 84.6 Å². The van der Waals surface area contributed by atoms with Gasteiger partial charge in [-0.05, 0) is 0 Å². The Morgan fingerprint density at radius 2 is 1.54 bits per heavy atom. The normalized spacial score (nSPS) is 19.0. The number of hydrogen-bond acceptors (Lipinski definition) is 3. The zero-order valence-electron chi connectivity index (χ0n) is 23.2. The second-order valence-electron chi connectivity index (χ2n) is 11.8. The number of esters is 1. The van der Waals surface area contributed by atoms with Gasteiger partial charge >= 0.3 is 221 Å². The molecule has 0 spiro atoms. The molecule has 0 aromatic heterocycles. The number of methoxy groups -OCH3 is 1.